The molecule has 2 rings (SSSR count). The van der Waals surface area contributed by atoms with Gasteiger partial charge < -0.3 is 5.32 Å². The van der Waals surface area contributed by atoms with Gasteiger partial charge in [0.25, 0.3) is 0 Å². The number of halogens is 1. The van der Waals surface area contributed by atoms with Crippen LogP contribution in [0.1, 0.15) is 11.3 Å². The molecule has 1 aromatic rings. The SMILES string of the molecule is Ic1ccc2c(n1)CNC2. The zero-order valence-electron chi connectivity index (χ0n) is 5.39. The van der Waals surface area contributed by atoms with Crippen LogP contribution in [0.15, 0.2) is 12.1 Å². The largest absolute Gasteiger partial charge is 0.307 e. The molecule has 0 saturated heterocycles. The molecule has 1 aromatic heterocycles. The molecule has 0 aliphatic carbocycles. The Bertz CT molecular complexity index is 260. The van der Waals surface area contributed by atoms with Crippen LogP contribution in [0.4, 0.5) is 0 Å². The van der Waals surface area contributed by atoms with Gasteiger partial charge in [0.15, 0.2) is 0 Å². The van der Waals surface area contributed by atoms with E-state index in [1.165, 1.54) is 11.3 Å². The van der Waals surface area contributed by atoms with Crippen molar-refractivity contribution in [2.24, 2.45) is 0 Å². The van der Waals surface area contributed by atoms with E-state index < -0.39 is 0 Å². The first-order chi connectivity index (χ1) is 4.86. The summed E-state index contributed by atoms with van der Waals surface area (Å²) in [6.07, 6.45) is 0. The van der Waals surface area contributed by atoms with Crippen molar-refractivity contribution in [3.8, 4) is 0 Å². The molecule has 1 aliphatic heterocycles. The Balaban J connectivity index is 2.52. The summed E-state index contributed by atoms with van der Waals surface area (Å²) in [6, 6.07) is 4.19. The minimum atomic E-state index is 0.937. The van der Waals surface area contributed by atoms with Crippen LogP contribution in [0.5, 0.6) is 0 Å². The first-order valence-corrected chi connectivity index (χ1v) is 4.29. The molecule has 0 radical (unpaired) electrons. The summed E-state index contributed by atoms with van der Waals surface area (Å²) in [5.41, 5.74) is 2.56. The normalized spacial score (nSPS) is 15.3. The number of nitrogens with zero attached hydrogens (tertiary/aromatic N) is 1. The van der Waals surface area contributed by atoms with Gasteiger partial charge in [-0.3, -0.25) is 0 Å². The number of fused-ring (bicyclic) bond motifs is 1. The standard InChI is InChI=1S/C7H7IN2/c8-7-2-1-5-3-9-4-6(5)10-7/h1-2,9H,3-4H2. The number of rotatable bonds is 0. The molecule has 10 heavy (non-hydrogen) atoms. The van der Waals surface area contributed by atoms with Crippen molar-refractivity contribution in [1.29, 1.82) is 0 Å². The van der Waals surface area contributed by atoms with Crippen molar-refractivity contribution in [2.45, 2.75) is 13.1 Å². The van der Waals surface area contributed by atoms with E-state index in [4.69, 9.17) is 0 Å². The lowest BCUT2D eigenvalue weighted by atomic mass is 10.2. The van der Waals surface area contributed by atoms with Crippen LogP contribution in [0.2, 0.25) is 0 Å². The maximum absolute atomic E-state index is 4.38. The summed E-state index contributed by atoms with van der Waals surface area (Å²) in [5.74, 6) is 0. The molecule has 2 nitrogen and oxygen atoms in total. The van der Waals surface area contributed by atoms with Crippen LogP contribution in [-0.4, -0.2) is 4.98 Å². The molecule has 52 valence electrons. The maximum atomic E-state index is 4.38. The summed E-state index contributed by atoms with van der Waals surface area (Å²) in [7, 11) is 0. The van der Waals surface area contributed by atoms with Crippen LogP contribution in [0.25, 0.3) is 0 Å². The summed E-state index contributed by atoms with van der Waals surface area (Å²) >= 11 is 2.23. The average molecular weight is 246 g/mol. The number of pyridine rings is 1. The third-order valence-electron chi connectivity index (χ3n) is 1.64. The quantitative estimate of drug-likeness (QED) is 0.551. The van der Waals surface area contributed by atoms with Gasteiger partial charge in [0.05, 0.1) is 5.69 Å². The Hall–Kier alpha value is -0.160. The van der Waals surface area contributed by atoms with Crippen molar-refractivity contribution in [2.75, 3.05) is 0 Å². The van der Waals surface area contributed by atoms with Crippen LogP contribution in [0, 0.1) is 3.70 Å². The van der Waals surface area contributed by atoms with Gasteiger partial charge in [-0.2, -0.15) is 0 Å². The van der Waals surface area contributed by atoms with Gasteiger partial charge >= 0.3 is 0 Å². The molecular formula is C7H7IN2. The second-order valence-electron chi connectivity index (χ2n) is 2.34. The lowest BCUT2D eigenvalue weighted by Crippen LogP contribution is -2.00. The highest BCUT2D eigenvalue weighted by atomic mass is 127. The van der Waals surface area contributed by atoms with Gasteiger partial charge in [0.2, 0.25) is 0 Å². The lowest BCUT2D eigenvalue weighted by Gasteiger charge is -1.94. The van der Waals surface area contributed by atoms with Gasteiger partial charge in [0.1, 0.15) is 3.70 Å². The third kappa shape index (κ3) is 1.03. The lowest BCUT2D eigenvalue weighted by molar-refractivity contribution is 0.757. The van der Waals surface area contributed by atoms with E-state index >= 15 is 0 Å². The molecule has 0 bridgehead atoms. The highest BCUT2D eigenvalue weighted by Gasteiger charge is 2.09. The summed E-state index contributed by atoms with van der Waals surface area (Å²) in [5, 5.41) is 3.25. The van der Waals surface area contributed by atoms with E-state index in [9.17, 15) is 0 Å². The highest BCUT2D eigenvalue weighted by Crippen LogP contribution is 2.13. The van der Waals surface area contributed by atoms with Crippen LogP contribution in [-0.2, 0) is 13.1 Å². The molecule has 2 heterocycles. The number of hydrogen-bond acceptors (Lipinski definition) is 2. The van der Waals surface area contributed by atoms with E-state index in [1.54, 1.807) is 0 Å². The minimum Gasteiger partial charge on any atom is -0.307 e. The molecule has 0 fully saturated rings. The fourth-order valence-corrected chi connectivity index (χ4v) is 1.60. The Morgan fingerprint density at radius 2 is 2.30 bits per heavy atom. The van der Waals surface area contributed by atoms with Gasteiger partial charge in [0, 0.05) is 13.1 Å². The van der Waals surface area contributed by atoms with E-state index in [-0.39, 0.29) is 0 Å². The first kappa shape index (κ1) is 6.54. The zero-order valence-corrected chi connectivity index (χ0v) is 7.55. The van der Waals surface area contributed by atoms with Crippen LogP contribution >= 0.6 is 22.6 Å². The van der Waals surface area contributed by atoms with Crippen molar-refractivity contribution < 1.29 is 0 Å². The van der Waals surface area contributed by atoms with E-state index in [0.717, 1.165) is 16.8 Å². The van der Waals surface area contributed by atoms with E-state index in [0.29, 0.717) is 0 Å². The van der Waals surface area contributed by atoms with E-state index in [1.807, 2.05) is 6.07 Å². The Kier molecular flexibility index (Phi) is 1.61. The minimum absolute atomic E-state index is 0.937. The Morgan fingerprint density at radius 3 is 3.20 bits per heavy atom. The smallest absolute Gasteiger partial charge is 0.101 e. The Labute approximate surface area is 73.2 Å². The molecule has 0 saturated carbocycles. The predicted molar refractivity (Wildman–Crippen MR) is 47.5 cm³/mol. The zero-order chi connectivity index (χ0) is 6.97. The van der Waals surface area contributed by atoms with Crippen molar-refractivity contribution >= 4 is 22.6 Å². The molecular weight excluding hydrogens is 239 g/mol. The monoisotopic (exact) mass is 246 g/mol. The van der Waals surface area contributed by atoms with Crippen molar-refractivity contribution in [3.63, 3.8) is 0 Å². The van der Waals surface area contributed by atoms with E-state index in [2.05, 4.69) is 39.0 Å². The molecule has 0 aromatic carbocycles. The third-order valence-corrected chi connectivity index (χ3v) is 2.24. The predicted octanol–water partition coefficient (Wildman–Crippen LogP) is 1.29. The van der Waals surface area contributed by atoms with Crippen LogP contribution in [0.3, 0.4) is 0 Å². The summed E-state index contributed by atoms with van der Waals surface area (Å²) in [6.45, 7) is 1.92. The number of nitrogens with one attached hydrogen (secondary N) is 1. The second kappa shape index (κ2) is 2.47. The first-order valence-electron chi connectivity index (χ1n) is 3.21. The molecule has 1 aliphatic rings. The summed E-state index contributed by atoms with van der Waals surface area (Å²) in [4.78, 5) is 4.38. The van der Waals surface area contributed by atoms with Crippen molar-refractivity contribution in [3.05, 3.63) is 27.1 Å². The fraction of sp³-hybridized carbons (Fsp3) is 0.286. The molecule has 0 atom stereocenters. The maximum Gasteiger partial charge on any atom is 0.101 e. The molecule has 1 N–H and O–H groups in total. The average Bonchev–Trinajstić information content (AvgIpc) is 2.33. The Morgan fingerprint density at radius 1 is 1.40 bits per heavy atom. The van der Waals surface area contributed by atoms with Crippen molar-refractivity contribution in [1.82, 2.24) is 10.3 Å². The molecule has 0 spiro atoms. The second-order valence-corrected chi connectivity index (χ2v) is 3.45. The fourth-order valence-electron chi connectivity index (χ4n) is 1.13. The van der Waals surface area contributed by atoms with Gasteiger partial charge in [-0.15, -0.1) is 0 Å². The summed E-state index contributed by atoms with van der Waals surface area (Å²) < 4.78 is 1.08. The van der Waals surface area contributed by atoms with Gasteiger partial charge in [-0.05, 0) is 34.2 Å². The van der Waals surface area contributed by atoms with Gasteiger partial charge in [-0.25, -0.2) is 4.98 Å². The topological polar surface area (TPSA) is 24.9 Å². The highest BCUT2D eigenvalue weighted by molar-refractivity contribution is 14.1. The van der Waals surface area contributed by atoms with Gasteiger partial charge in [-0.1, -0.05) is 6.07 Å². The number of hydrogen-bond donors (Lipinski definition) is 1. The molecule has 3 heteroatoms. The molecule has 0 unspecified atom stereocenters. The van der Waals surface area contributed by atoms with Crippen LogP contribution < -0.4 is 5.32 Å². The number of aromatic nitrogens is 1. The molecule has 0 amide bonds.